The van der Waals surface area contributed by atoms with Gasteiger partial charge in [-0.3, -0.25) is 37.3 Å². The number of nitrogens with one attached hydrogen (secondary N) is 2. The van der Waals surface area contributed by atoms with Crippen LogP contribution in [0.4, 0.5) is 5.82 Å². The highest BCUT2D eigenvalue weighted by atomic mass is 31.3. The molecule has 3 heterocycles. The summed E-state index contributed by atoms with van der Waals surface area (Å²) in [4.78, 5) is 110. The standard InChI is InChI=1S/C28H44N7O22P3/c1-27(2,21(41)24(42)31-7-5-16(37)30-6-3-4-14(36)8-28(45,26(43)44)9-17(38)39)11-54-60(51,52)57-59(49,50)53-10-15-20(56-58(46,47)48)19(40)25(55-15)35-13-34-18-22(29)32-12-33-23(18)35/h12-13,15,19-21,25,40-41,45H,3-11H2,1-2H3,(H,30,37)(H,31,42)(H,38,39)(H,43,44)(H,49,50)(H,51,52)(H2,29,32,33)(H2,46,47,48)/t15-,19-,20-,21+,25-,28-/m1/s1. The summed E-state index contributed by atoms with van der Waals surface area (Å²) in [5.74, 6) is -6.06. The summed E-state index contributed by atoms with van der Waals surface area (Å²) in [5.41, 5.74) is 1.32. The van der Waals surface area contributed by atoms with Crippen LogP contribution in [0.15, 0.2) is 12.7 Å². The maximum absolute atomic E-state index is 12.7. The van der Waals surface area contributed by atoms with E-state index in [0.717, 1.165) is 17.2 Å². The van der Waals surface area contributed by atoms with E-state index in [1.54, 1.807) is 0 Å². The van der Waals surface area contributed by atoms with Gasteiger partial charge < -0.3 is 66.2 Å². The molecule has 0 spiro atoms. The Hall–Kier alpha value is -3.89. The van der Waals surface area contributed by atoms with Gasteiger partial charge >= 0.3 is 35.4 Å². The van der Waals surface area contributed by atoms with E-state index < -0.39 is 121 Å². The molecule has 8 atom stereocenters. The number of phosphoric ester groups is 3. The van der Waals surface area contributed by atoms with Gasteiger partial charge in [-0.1, -0.05) is 13.8 Å². The van der Waals surface area contributed by atoms with Gasteiger partial charge in [0.2, 0.25) is 11.8 Å². The van der Waals surface area contributed by atoms with Crippen molar-refractivity contribution in [3.8, 4) is 0 Å². The van der Waals surface area contributed by atoms with Gasteiger partial charge in [-0.05, 0) is 6.42 Å². The van der Waals surface area contributed by atoms with Crippen molar-refractivity contribution in [2.75, 3.05) is 32.0 Å². The lowest BCUT2D eigenvalue weighted by Gasteiger charge is -2.30. The normalized spacial score (nSPS) is 21.9. The van der Waals surface area contributed by atoms with E-state index in [1.165, 1.54) is 13.8 Å². The second kappa shape index (κ2) is 20.3. The van der Waals surface area contributed by atoms with Crippen molar-refractivity contribution in [3.05, 3.63) is 12.7 Å². The third-order valence-electron chi connectivity index (χ3n) is 8.36. The highest BCUT2D eigenvalue weighted by Gasteiger charge is 2.50. The van der Waals surface area contributed by atoms with Gasteiger partial charge in [-0.15, -0.1) is 0 Å². The summed E-state index contributed by atoms with van der Waals surface area (Å²) in [5, 5.41) is 53.8. The first kappa shape index (κ1) is 50.5. The number of Topliss-reactive ketones (excluding diaryl/α,β-unsaturated/α-hetero) is 1. The Morgan fingerprint density at radius 2 is 1.62 bits per heavy atom. The molecule has 60 heavy (non-hydrogen) atoms. The number of hydrogen-bond donors (Lipinski definition) is 12. The number of nitrogen functional groups attached to an aromatic ring is 1. The van der Waals surface area contributed by atoms with E-state index in [4.69, 9.17) is 29.7 Å². The zero-order valence-electron chi connectivity index (χ0n) is 31.4. The van der Waals surface area contributed by atoms with E-state index in [9.17, 15) is 72.6 Å². The van der Waals surface area contributed by atoms with Crippen LogP contribution in [0.5, 0.6) is 0 Å². The Balaban J connectivity index is 1.46. The molecular weight excluding hydrogens is 879 g/mol. The summed E-state index contributed by atoms with van der Waals surface area (Å²) < 4.78 is 61.9. The van der Waals surface area contributed by atoms with Crippen molar-refractivity contribution < 1.29 is 105 Å². The van der Waals surface area contributed by atoms with Crippen molar-refractivity contribution in [1.29, 1.82) is 0 Å². The Kier molecular flexibility index (Phi) is 17.1. The van der Waals surface area contributed by atoms with Gasteiger partial charge in [0.1, 0.15) is 42.0 Å². The van der Waals surface area contributed by atoms with Gasteiger partial charge in [0.15, 0.2) is 23.3 Å². The van der Waals surface area contributed by atoms with Crippen LogP contribution in [0.1, 0.15) is 52.2 Å². The number of carboxylic acid groups (broad SMARTS) is 2. The predicted molar refractivity (Wildman–Crippen MR) is 193 cm³/mol. The number of carbonyl (C=O) groups is 5. The first-order valence-electron chi connectivity index (χ1n) is 17.1. The maximum atomic E-state index is 12.7. The zero-order chi connectivity index (χ0) is 45.4. The number of nitrogens with two attached hydrogens (primary N) is 1. The molecule has 0 aromatic carbocycles. The quantitative estimate of drug-likeness (QED) is 0.0360. The van der Waals surface area contributed by atoms with E-state index in [-0.39, 0.29) is 49.3 Å². The number of aliphatic hydroxyl groups excluding tert-OH is 2. The molecule has 0 radical (unpaired) electrons. The minimum absolute atomic E-state index is 0.00349. The molecule has 1 saturated heterocycles. The molecular formula is C28H44N7O22P3. The number of imidazole rings is 1. The molecule has 1 aliphatic heterocycles. The minimum Gasteiger partial charge on any atom is -0.481 e. The number of carbonyl (C=O) groups excluding carboxylic acids is 3. The van der Waals surface area contributed by atoms with Crippen molar-refractivity contribution >= 4 is 70.0 Å². The number of fused-ring (bicyclic) bond motifs is 1. The average Bonchev–Trinajstić information content (AvgIpc) is 3.67. The lowest BCUT2D eigenvalue weighted by Crippen LogP contribution is -2.46. The van der Waals surface area contributed by atoms with E-state index in [2.05, 4.69) is 34.4 Å². The largest absolute Gasteiger partial charge is 0.481 e. The molecule has 0 aliphatic carbocycles. The van der Waals surface area contributed by atoms with Gasteiger partial charge in [0.25, 0.3) is 0 Å². The lowest BCUT2D eigenvalue weighted by atomic mass is 9.87. The average molecular weight is 924 g/mol. The van der Waals surface area contributed by atoms with Crippen LogP contribution in [0.25, 0.3) is 11.2 Å². The number of hydrogen-bond acceptors (Lipinski definition) is 20. The summed E-state index contributed by atoms with van der Waals surface area (Å²) in [6.45, 7) is -0.194. The number of anilines is 1. The van der Waals surface area contributed by atoms with Gasteiger partial charge in [0.05, 0.1) is 26.0 Å². The van der Waals surface area contributed by atoms with Crippen LogP contribution >= 0.6 is 23.5 Å². The monoisotopic (exact) mass is 923 g/mol. The summed E-state index contributed by atoms with van der Waals surface area (Å²) in [7, 11) is -16.5. The number of rotatable bonds is 25. The van der Waals surface area contributed by atoms with Crippen LogP contribution in [-0.4, -0.2) is 150 Å². The van der Waals surface area contributed by atoms with Gasteiger partial charge in [-0.2, -0.15) is 4.31 Å². The molecule has 0 saturated carbocycles. The topological polar surface area (TPSA) is 458 Å². The van der Waals surface area contributed by atoms with E-state index in [0.29, 0.717) is 0 Å². The second-order valence-electron chi connectivity index (χ2n) is 13.8. The second-order valence-corrected chi connectivity index (χ2v) is 18.0. The Morgan fingerprint density at radius 1 is 0.967 bits per heavy atom. The number of phosphoric acid groups is 3. The Morgan fingerprint density at radius 3 is 2.23 bits per heavy atom. The third-order valence-corrected chi connectivity index (χ3v) is 11.5. The summed E-state index contributed by atoms with van der Waals surface area (Å²) in [6, 6.07) is 0. The fraction of sp³-hybridized carbons (Fsp3) is 0.643. The number of ketones is 1. The SMILES string of the molecule is CC(C)(COP(=O)(O)OP(=O)(O)OC[C@H]1O[C@@H](n2cnc3c(N)ncnc32)[C@H](O)[C@@H]1OP(=O)(O)O)[C@@H](O)C(=O)NCCC(=O)NCCCC(=O)C[C@@](O)(CC(=O)O)C(=O)O. The number of carboxylic acids is 2. The molecule has 29 nitrogen and oxygen atoms in total. The predicted octanol–water partition coefficient (Wildman–Crippen LogP) is -2.57. The Labute approximate surface area is 337 Å². The number of ether oxygens (including phenoxy) is 1. The van der Waals surface area contributed by atoms with Crippen LogP contribution in [0.3, 0.4) is 0 Å². The Bertz CT molecular complexity index is 2050. The highest BCUT2D eigenvalue weighted by Crippen LogP contribution is 2.61. The smallest absolute Gasteiger partial charge is 0.481 e. The molecule has 2 amide bonds. The molecule has 3 rings (SSSR count). The number of aromatic nitrogens is 4. The molecule has 2 unspecified atom stereocenters. The molecule has 2 aromatic heterocycles. The van der Waals surface area contributed by atoms with Crippen LogP contribution in [-0.2, 0) is 60.3 Å². The fourth-order valence-corrected chi connectivity index (χ4v) is 8.16. The summed E-state index contributed by atoms with van der Waals surface area (Å²) in [6.07, 6.45) is -9.84. The van der Waals surface area contributed by atoms with Crippen LogP contribution < -0.4 is 16.4 Å². The van der Waals surface area contributed by atoms with Crippen LogP contribution in [0, 0.1) is 5.41 Å². The first-order valence-corrected chi connectivity index (χ1v) is 21.7. The number of amides is 2. The van der Waals surface area contributed by atoms with Crippen molar-refractivity contribution in [3.63, 3.8) is 0 Å². The zero-order valence-corrected chi connectivity index (χ0v) is 34.1. The van der Waals surface area contributed by atoms with E-state index in [1.807, 2.05) is 0 Å². The third kappa shape index (κ3) is 14.6. The number of aliphatic hydroxyl groups is 3. The fourth-order valence-electron chi connectivity index (χ4n) is 5.33. The minimum atomic E-state index is -5.62. The lowest BCUT2D eigenvalue weighted by molar-refractivity contribution is -0.167. The van der Waals surface area contributed by atoms with E-state index >= 15 is 0 Å². The molecule has 1 fully saturated rings. The van der Waals surface area contributed by atoms with Gasteiger partial charge in [-0.25, -0.2) is 33.4 Å². The molecule has 338 valence electrons. The highest BCUT2D eigenvalue weighted by molar-refractivity contribution is 7.61. The maximum Gasteiger partial charge on any atom is 0.481 e. The number of nitrogens with zero attached hydrogens (tertiary/aromatic N) is 4. The van der Waals surface area contributed by atoms with Crippen LogP contribution in [0.2, 0.25) is 0 Å². The first-order chi connectivity index (χ1) is 27.6. The van der Waals surface area contributed by atoms with Crippen molar-refractivity contribution in [2.45, 2.75) is 82.2 Å². The molecule has 2 aromatic rings. The van der Waals surface area contributed by atoms with Gasteiger partial charge in [0, 0.05) is 37.8 Å². The molecule has 0 bridgehead atoms. The number of aliphatic carboxylic acids is 2. The molecule has 1 aliphatic rings. The summed E-state index contributed by atoms with van der Waals surface area (Å²) >= 11 is 0. The van der Waals surface area contributed by atoms with Crippen molar-refractivity contribution in [2.24, 2.45) is 5.41 Å². The molecule has 32 heteroatoms. The van der Waals surface area contributed by atoms with Crippen molar-refractivity contribution in [1.82, 2.24) is 30.2 Å². The molecule has 13 N–H and O–H groups in total.